The van der Waals surface area contributed by atoms with Gasteiger partial charge in [0.15, 0.2) is 0 Å². The van der Waals surface area contributed by atoms with Crippen molar-refractivity contribution in [1.82, 2.24) is 4.98 Å². The van der Waals surface area contributed by atoms with Gasteiger partial charge in [0, 0.05) is 5.69 Å². The molecule has 0 aliphatic rings. The molecule has 3 N–H and O–H groups in total. The molecular formula is C11H13N3O3S. The van der Waals surface area contributed by atoms with Crippen LogP contribution in [0.25, 0.3) is 0 Å². The Morgan fingerprint density at radius 3 is 2.61 bits per heavy atom. The van der Waals surface area contributed by atoms with Gasteiger partial charge in [-0.1, -0.05) is 6.07 Å². The summed E-state index contributed by atoms with van der Waals surface area (Å²) in [6.45, 7) is 3.50. The molecule has 0 aliphatic heterocycles. The molecule has 0 bridgehead atoms. The Balaban J connectivity index is 2.33. The predicted octanol–water partition coefficient (Wildman–Crippen LogP) is 1.67. The van der Waals surface area contributed by atoms with Gasteiger partial charge >= 0.3 is 6.01 Å². The smallest absolute Gasteiger partial charge is 0.309 e. The van der Waals surface area contributed by atoms with Gasteiger partial charge in [-0.3, -0.25) is 0 Å². The van der Waals surface area contributed by atoms with Crippen LogP contribution in [0.5, 0.6) is 0 Å². The van der Waals surface area contributed by atoms with Gasteiger partial charge in [0.1, 0.15) is 6.26 Å². The summed E-state index contributed by atoms with van der Waals surface area (Å²) in [6, 6.07) is 4.45. The largest absolute Gasteiger partial charge is 0.431 e. The second kappa shape index (κ2) is 4.34. The zero-order valence-corrected chi connectivity index (χ0v) is 10.8. The zero-order chi connectivity index (χ0) is 13.3. The van der Waals surface area contributed by atoms with Crippen LogP contribution in [0.1, 0.15) is 11.3 Å². The van der Waals surface area contributed by atoms with Crippen LogP contribution in [-0.4, -0.2) is 13.4 Å². The number of hydrogen-bond donors (Lipinski definition) is 2. The average molecular weight is 267 g/mol. The van der Waals surface area contributed by atoms with E-state index in [2.05, 4.69) is 9.71 Å². The van der Waals surface area contributed by atoms with Crippen molar-refractivity contribution < 1.29 is 12.8 Å². The number of oxazole rings is 1. The number of sulfonamides is 1. The molecule has 0 atom stereocenters. The molecule has 0 fully saturated rings. The Morgan fingerprint density at radius 2 is 2.06 bits per heavy atom. The van der Waals surface area contributed by atoms with E-state index in [-0.39, 0.29) is 10.9 Å². The molecular weight excluding hydrogens is 254 g/mol. The molecule has 7 heteroatoms. The highest BCUT2D eigenvalue weighted by molar-refractivity contribution is 7.92. The van der Waals surface area contributed by atoms with E-state index in [4.69, 9.17) is 10.2 Å². The fourth-order valence-corrected chi connectivity index (χ4v) is 2.33. The number of benzene rings is 1. The number of anilines is 2. The van der Waals surface area contributed by atoms with Crippen LogP contribution in [0.3, 0.4) is 0 Å². The maximum Gasteiger partial charge on any atom is 0.309 e. The van der Waals surface area contributed by atoms with Crippen molar-refractivity contribution in [3.8, 4) is 0 Å². The van der Waals surface area contributed by atoms with Crippen molar-refractivity contribution in [3.05, 3.63) is 35.7 Å². The quantitative estimate of drug-likeness (QED) is 0.824. The summed E-state index contributed by atoms with van der Waals surface area (Å²) in [5, 5.41) is 0. The van der Waals surface area contributed by atoms with Crippen LogP contribution in [0.15, 0.2) is 33.8 Å². The van der Waals surface area contributed by atoms with Crippen LogP contribution < -0.4 is 10.5 Å². The van der Waals surface area contributed by atoms with E-state index in [0.29, 0.717) is 11.4 Å². The average Bonchev–Trinajstić information content (AvgIpc) is 2.67. The van der Waals surface area contributed by atoms with Gasteiger partial charge in [0.05, 0.1) is 10.6 Å². The highest BCUT2D eigenvalue weighted by atomic mass is 32.2. The normalized spacial score (nSPS) is 11.4. The summed E-state index contributed by atoms with van der Waals surface area (Å²) in [5.74, 6) is 0. The van der Waals surface area contributed by atoms with Crippen molar-refractivity contribution in [2.24, 2.45) is 0 Å². The van der Waals surface area contributed by atoms with Crippen molar-refractivity contribution >= 4 is 21.7 Å². The Bertz CT molecular complexity index is 677. The lowest BCUT2D eigenvalue weighted by Crippen LogP contribution is -2.13. The van der Waals surface area contributed by atoms with E-state index < -0.39 is 10.0 Å². The molecule has 0 spiro atoms. The molecule has 0 aliphatic carbocycles. The summed E-state index contributed by atoms with van der Waals surface area (Å²) in [7, 11) is -3.73. The maximum absolute atomic E-state index is 12.0. The summed E-state index contributed by atoms with van der Waals surface area (Å²) in [4.78, 5) is 3.94. The molecule has 0 amide bonds. The highest BCUT2D eigenvalue weighted by Gasteiger charge is 2.17. The minimum atomic E-state index is -3.73. The number of nitrogen functional groups attached to an aromatic ring is 1. The maximum atomic E-state index is 12.0. The predicted molar refractivity (Wildman–Crippen MR) is 67.6 cm³/mol. The molecule has 0 unspecified atom stereocenters. The third-order valence-corrected chi connectivity index (χ3v) is 3.72. The fourth-order valence-electron chi connectivity index (χ4n) is 1.36. The molecule has 0 radical (unpaired) electrons. The summed E-state index contributed by atoms with van der Waals surface area (Å²) >= 11 is 0. The lowest BCUT2D eigenvalue weighted by molar-refractivity contribution is 0.569. The first-order valence-corrected chi connectivity index (χ1v) is 6.68. The molecule has 2 rings (SSSR count). The molecule has 18 heavy (non-hydrogen) atoms. The minimum absolute atomic E-state index is 0.0633. The van der Waals surface area contributed by atoms with Crippen molar-refractivity contribution in [1.29, 1.82) is 0 Å². The summed E-state index contributed by atoms with van der Waals surface area (Å²) in [6.07, 6.45) is 1.36. The van der Waals surface area contributed by atoms with Gasteiger partial charge in [-0.25, -0.2) is 13.1 Å². The van der Waals surface area contributed by atoms with Crippen molar-refractivity contribution in [2.45, 2.75) is 18.7 Å². The molecule has 6 nitrogen and oxygen atoms in total. The molecule has 0 saturated carbocycles. The lowest BCUT2D eigenvalue weighted by atomic mass is 10.2. The van der Waals surface area contributed by atoms with Crippen molar-refractivity contribution in [3.63, 3.8) is 0 Å². The van der Waals surface area contributed by atoms with E-state index in [1.807, 2.05) is 0 Å². The molecule has 0 saturated heterocycles. The molecule has 96 valence electrons. The van der Waals surface area contributed by atoms with Gasteiger partial charge in [-0.05, 0) is 31.5 Å². The monoisotopic (exact) mass is 267 g/mol. The lowest BCUT2D eigenvalue weighted by Gasteiger charge is -2.06. The SMILES string of the molecule is Cc1coc(NS(=O)(=O)c2ccc(C)c(N)c2)n1. The van der Waals surface area contributed by atoms with Gasteiger partial charge in [-0.15, -0.1) is 0 Å². The Morgan fingerprint density at radius 1 is 1.33 bits per heavy atom. The van der Waals surface area contributed by atoms with Crippen LogP contribution in [0.4, 0.5) is 11.7 Å². The molecule has 1 aromatic carbocycles. The summed E-state index contributed by atoms with van der Waals surface area (Å²) in [5.41, 5.74) is 7.52. The topological polar surface area (TPSA) is 98.2 Å². The van der Waals surface area contributed by atoms with Gasteiger partial charge in [-0.2, -0.15) is 4.98 Å². The second-order valence-electron chi connectivity index (χ2n) is 3.92. The number of nitrogens with one attached hydrogen (secondary N) is 1. The molecule has 1 heterocycles. The van der Waals surface area contributed by atoms with E-state index >= 15 is 0 Å². The van der Waals surface area contributed by atoms with Crippen molar-refractivity contribution in [2.75, 3.05) is 10.5 Å². The van der Waals surface area contributed by atoms with Gasteiger partial charge < -0.3 is 10.2 Å². The van der Waals surface area contributed by atoms with E-state index in [0.717, 1.165) is 5.56 Å². The number of rotatable bonds is 3. The Labute approximate surface area is 105 Å². The number of nitrogens with zero attached hydrogens (tertiary/aromatic N) is 1. The number of nitrogens with two attached hydrogens (primary N) is 1. The number of hydrogen-bond acceptors (Lipinski definition) is 5. The van der Waals surface area contributed by atoms with E-state index in [1.165, 1.54) is 18.4 Å². The zero-order valence-electron chi connectivity index (χ0n) is 9.97. The summed E-state index contributed by atoms with van der Waals surface area (Å²) < 4.78 is 31.2. The third-order valence-electron chi connectivity index (χ3n) is 2.40. The third kappa shape index (κ3) is 2.45. The van der Waals surface area contributed by atoms with Crippen LogP contribution >= 0.6 is 0 Å². The molecule has 2 aromatic rings. The van der Waals surface area contributed by atoms with Crippen LogP contribution in [0, 0.1) is 13.8 Å². The first-order chi connectivity index (χ1) is 8.38. The van der Waals surface area contributed by atoms with Gasteiger partial charge in [0.25, 0.3) is 10.0 Å². The first kappa shape index (κ1) is 12.4. The van der Waals surface area contributed by atoms with Crippen LogP contribution in [0.2, 0.25) is 0 Å². The Hall–Kier alpha value is -2.02. The number of aromatic nitrogens is 1. The fraction of sp³-hybridized carbons (Fsp3) is 0.182. The van der Waals surface area contributed by atoms with E-state index in [1.54, 1.807) is 19.9 Å². The standard InChI is InChI=1S/C11H13N3O3S/c1-7-3-4-9(5-10(7)12)18(15,16)14-11-13-8(2)6-17-11/h3-6H,12H2,1-2H3,(H,13,14). The van der Waals surface area contributed by atoms with E-state index in [9.17, 15) is 8.42 Å². The first-order valence-electron chi connectivity index (χ1n) is 5.19. The molecule has 1 aromatic heterocycles. The second-order valence-corrected chi connectivity index (χ2v) is 5.60. The van der Waals surface area contributed by atoms with Gasteiger partial charge in [0.2, 0.25) is 0 Å². The highest BCUT2D eigenvalue weighted by Crippen LogP contribution is 2.19. The Kier molecular flexibility index (Phi) is 3.00. The number of aryl methyl sites for hydroxylation is 2. The minimum Gasteiger partial charge on any atom is -0.431 e. The van der Waals surface area contributed by atoms with Crippen LogP contribution in [-0.2, 0) is 10.0 Å².